The highest BCUT2D eigenvalue weighted by molar-refractivity contribution is 7.85. The molecule has 1 aromatic heterocycles. The van der Waals surface area contributed by atoms with Crippen LogP contribution in [0.5, 0.6) is 0 Å². The van der Waals surface area contributed by atoms with Gasteiger partial charge >= 0.3 is 11.9 Å². The van der Waals surface area contributed by atoms with Crippen LogP contribution in [0.25, 0.3) is 32.9 Å². The van der Waals surface area contributed by atoms with Crippen LogP contribution in [0.4, 0.5) is 0 Å². The molecule has 1 saturated heterocycles. The van der Waals surface area contributed by atoms with E-state index in [4.69, 9.17) is 4.84 Å². The zero-order chi connectivity index (χ0) is 30.3. The number of carbonyl (C=O) groups is 4. The molecule has 4 aromatic rings. The van der Waals surface area contributed by atoms with Crippen LogP contribution in [-0.4, -0.2) is 52.6 Å². The molecule has 0 radical (unpaired) electrons. The van der Waals surface area contributed by atoms with Gasteiger partial charge in [-0.05, 0) is 54.3 Å². The van der Waals surface area contributed by atoms with Crippen molar-refractivity contribution in [2.45, 2.75) is 39.7 Å². The smallest absolute Gasteiger partial charge is 0.363 e. The van der Waals surface area contributed by atoms with Crippen molar-refractivity contribution in [3.05, 3.63) is 76.9 Å². The topological polar surface area (TPSA) is 159 Å². The van der Waals surface area contributed by atoms with Crippen LogP contribution >= 0.6 is 0 Å². The number of hydroxylamine groups is 2. The summed E-state index contributed by atoms with van der Waals surface area (Å²) in [7, 11) is -4.20. The molecule has 0 unspecified atom stereocenters. The summed E-state index contributed by atoms with van der Waals surface area (Å²) in [5.74, 6) is -3.66. The molecule has 2 heterocycles. The van der Waals surface area contributed by atoms with Crippen LogP contribution in [0, 0.1) is 13.8 Å². The van der Waals surface area contributed by atoms with Gasteiger partial charge in [0.15, 0.2) is 6.54 Å². The molecule has 216 valence electrons. The van der Waals surface area contributed by atoms with E-state index in [1.807, 2.05) is 4.57 Å². The summed E-state index contributed by atoms with van der Waals surface area (Å²) in [6, 6.07) is 15.3. The fourth-order valence-electron chi connectivity index (χ4n) is 5.59. The number of pyridine rings is 1. The Kier molecular flexibility index (Phi) is 7.52. The van der Waals surface area contributed by atoms with Crippen molar-refractivity contribution in [2.75, 3.05) is 5.75 Å². The van der Waals surface area contributed by atoms with Gasteiger partial charge in [0, 0.05) is 31.4 Å². The van der Waals surface area contributed by atoms with Crippen LogP contribution in [0.2, 0.25) is 0 Å². The Morgan fingerprint density at radius 2 is 1.57 bits per heavy atom. The lowest BCUT2D eigenvalue weighted by Crippen LogP contribution is -2.37. The van der Waals surface area contributed by atoms with Gasteiger partial charge in [0.1, 0.15) is 0 Å². The highest BCUT2D eigenvalue weighted by atomic mass is 32.2. The molecule has 42 heavy (non-hydrogen) atoms. The lowest BCUT2D eigenvalue weighted by atomic mass is 9.88. The lowest BCUT2D eigenvalue weighted by Gasteiger charge is -2.17. The first-order valence-electron chi connectivity index (χ1n) is 13.1. The van der Waals surface area contributed by atoms with Crippen molar-refractivity contribution in [2.24, 2.45) is 0 Å². The van der Waals surface area contributed by atoms with Crippen molar-refractivity contribution in [3.63, 3.8) is 0 Å². The molecule has 0 spiro atoms. The van der Waals surface area contributed by atoms with E-state index in [0.29, 0.717) is 49.1 Å². The molecule has 2 amide bonds. The molecule has 12 heteroatoms. The third-order valence-corrected chi connectivity index (χ3v) is 8.07. The maximum Gasteiger partial charge on any atom is 0.363 e. The molecule has 11 nitrogen and oxygen atoms in total. The number of aromatic nitrogens is 1. The number of benzene rings is 3. The van der Waals surface area contributed by atoms with Crippen LogP contribution in [0.15, 0.2) is 54.6 Å². The molecule has 0 aliphatic carbocycles. The summed E-state index contributed by atoms with van der Waals surface area (Å²) >= 11 is 0. The Balaban J connectivity index is 1.69. The molecular formula is C30H27N2O9S+. The SMILES string of the molecule is Cc1cc(C(=O)ON2C(=O)CCC2=O)cc(C)c1-c1cccc2c1c(C(=O)O)c1ccccc1[n+]2CCCS(=O)(=O)O. The van der Waals surface area contributed by atoms with Crippen LogP contribution in [0.1, 0.15) is 51.1 Å². The number of fused-ring (bicyclic) bond motifs is 2. The number of rotatable bonds is 8. The van der Waals surface area contributed by atoms with E-state index >= 15 is 0 Å². The Hall–Kier alpha value is -4.68. The Bertz CT molecular complexity index is 1890. The number of hydrogen-bond acceptors (Lipinski definition) is 7. The fraction of sp³-hybridized carbons (Fsp3) is 0.233. The maximum absolute atomic E-state index is 12.9. The number of aryl methyl sites for hydroxylation is 3. The van der Waals surface area contributed by atoms with E-state index in [0.717, 1.165) is 0 Å². The first kappa shape index (κ1) is 28.8. The highest BCUT2D eigenvalue weighted by Crippen LogP contribution is 2.37. The predicted molar refractivity (Wildman–Crippen MR) is 151 cm³/mol. The summed E-state index contributed by atoms with van der Waals surface area (Å²) in [5.41, 5.74) is 3.82. The number of carbonyl (C=O) groups excluding carboxylic acids is 3. The van der Waals surface area contributed by atoms with Crippen molar-refractivity contribution in [1.29, 1.82) is 0 Å². The zero-order valence-corrected chi connectivity index (χ0v) is 23.6. The minimum absolute atomic E-state index is 0.0272. The largest absolute Gasteiger partial charge is 0.478 e. The van der Waals surface area contributed by atoms with Crippen LogP contribution in [0.3, 0.4) is 0 Å². The molecule has 3 aromatic carbocycles. The summed E-state index contributed by atoms with van der Waals surface area (Å²) in [5, 5.41) is 11.8. The molecule has 1 aliphatic heterocycles. The molecule has 0 atom stereocenters. The van der Waals surface area contributed by atoms with Gasteiger partial charge in [-0.15, -0.1) is 5.06 Å². The van der Waals surface area contributed by atoms with Gasteiger partial charge in [-0.2, -0.15) is 13.0 Å². The number of carboxylic acids is 1. The van der Waals surface area contributed by atoms with Gasteiger partial charge < -0.3 is 9.94 Å². The van der Waals surface area contributed by atoms with Gasteiger partial charge in [-0.25, -0.2) is 9.59 Å². The van der Waals surface area contributed by atoms with Gasteiger partial charge in [0.2, 0.25) is 11.0 Å². The zero-order valence-electron chi connectivity index (χ0n) is 22.8. The average Bonchev–Trinajstić information content (AvgIpc) is 3.23. The Labute approximate surface area is 240 Å². The minimum atomic E-state index is -4.20. The van der Waals surface area contributed by atoms with E-state index in [1.54, 1.807) is 68.4 Å². The van der Waals surface area contributed by atoms with Crippen LogP contribution < -0.4 is 4.57 Å². The summed E-state index contributed by atoms with van der Waals surface area (Å²) in [6.07, 6.45) is 0.0390. The highest BCUT2D eigenvalue weighted by Gasteiger charge is 2.33. The van der Waals surface area contributed by atoms with Crippen LogP contribution in [-0.2, 0) is 31.1 Å². The van der Waals surface area contributed by atoms with E-state index in [-0.39, 0.29) is 36.9 Å². The number of nitrogens with zero attached hydrogens (tertiary/aromatic N) is 2. The number of carboxylic acid groups (broad SMARTS) is 1. The predicted octanol–water partition coefficient (Wildman–Crippen LogP) is 3.76. The second-order valence-corrected chi connectivity index (χ2v) is 11.7. The van der Waals surface area contributed by atoms with E-state index in [9.17, 15) is 37.3 Å². The van der Waals surface area contributed by atoms with Gasteiger partial charge in [-0.3, -0.25) is 14.1 Å². The van der Waals surface area contributed by atoms with Crippen molar-refractivity contribution in [3.8, 4) is 11.1 Å². The van der Waals surface area contributed by atoms with E-state index in [2.05, 4.69) is 0 Å². The number of amides is 2. The number of para-hydroxylation sites is 1. The molecule has 0 bridgehead atoms. The van der Waals surface area contributed by atoms with Crippen molar-refractivity contribution >= 4 is 55.7 Å². The molecule has 5 rings (SSSR count). The third-order valence-electron chi connectivity index (χ3n) is 7.26. The normalized spacial score (nSPS) is 13.7. The first-order valence-corrected chi connectivity index (χ1v) is 14.7. The van der Waals surface area contributed by atoms with Gasteiger partial charge in [0.25, 0.3) is 21.9 Å². The number of imide groups is 1. The Morgan fingerprint density at radius 3 is 2.19 bits per heavy atom. The quantitative estimate of drug-likeness (QED) is 0.135. The molecule has 2 N–H and O–H groups in total. The van der Waals surface area contributed by atoms with Gasteiger partial charge in [-0.1, -0.05) is 24.3 Å². The lowest BCUT2D eigenvalue weighted by molar-refractivity contribution is -0.645. The van der Waals surface area contributed by atoms with E-state index in [1.165, 1.54) is 0 Å². The monoisotopic (exact) mass is 591 g/mol. The second-order valence-electron chi connectivity index (χ2n) is 10.1. The molecule has 0 saturated carbocycles. The van der Waals surface area contributed by atoms with Crippen molar-refractivity contribution < 1.29 is 46.7 Å². The van der Waals surface area contributed by atoms with E-state index < -0.39 is 39.6 Å². The fourth-order valence-corrected chi connectivity index (χ4v) is 6.08. The average molecular weight is 592 g/mol. The first-order chi connectivity index (χ1) is 19.9. The molecule has 1 fully saturated rings. The van der Waals surface area contributed by atoms with Crippen molar-refractivity contribution in [1.82, 2.24) is 5.06 Å². The minimum Gasteiger partial charge on any atom is -0.478 e. The maximum atomic E-state index is 12.9. The summed E-state index contributed by atoms with van der Waals surface area (Å²) < 4.78 is 33.9. The summed E-state index contributed by atoms with van der Waals surface area (Å²) in [6.45, 7) is 3.70. The standard InChI is InChI=1S/C30H26N2O9S/c1-17-15-19(30(37)41-32-24(33)11-12-25(32)34)16-18(2)26(17)21-8-5-10-23-27(21)28(29(35)36)20-7-3-4-9-22(20)31(23)13-6-14-42(38,39)40/h3-5,7-10,15-16H,6,11-14H2,1-2H3,(H-,35,36,38,39,40)/p+1. The molecular weight excluding hydrogens is 564 g/mol. The summed E-state index contributed by atoms with van der Waals surface area (Å²) in [4.78, 5) is 54.5. The third kappa shape index (κ3) is 5.33. The number of hydrogen-bond donors (Lipinski definition) is 2. The Morgan fingerprint density at radius 1 is 0.952 bits per heavy atom. The van der Waals surface area contributed by atoms with Gasteiger partial charge in [0.05, 0.1) is 27.7 Å². The number of aromatic carboxylic acids is 1. The molecule has 1 aliphatic rings. The second kappa shape index (κ2) is 11.0.